The van der Waals surface area contributed by atoms with Gasteiger partial charge in [-0.25, -0.2) is 4.39 Å². The molecule has 3 rings (SSSR count). The molecule has 0 aliphatic carbocycles. The van der Waals surface area contributed by atoms with Gasteiger partial charge in [-0.2, -0.15) is 0 Å². The quantitative estimate of drug-likeness (QED) is 0.465. The molecule has 0 heterocycles. The van der Waals surface area contributed by atoms with Crippen molar-refractivity contribution in [2.75, 3.05) is 21.7 Å². The topological polar surface area (TPSA) is 87.3 Å². The Balaban J connectivity index is 1.59. The van der Waals surface area contributed by atoms with Crippen molar-refractivity contribution < 1.29 is 18.8 Å². The SMILES string of the molecule is CC(=O)Nc1ccc(SCC(=O)Nc2ccccc2C(=O)Nc2ccc(F)cc2)cc1. The van der Waals surface area contributed by atoms with Crippen LogP contribution in [0.1, 0.15) is 17.3 Å². The lowest BCUT2D eigenvalue weighted by Gasteiger charge is -2.11. The minimum atomic E-state index is -0.413. The van der Waals surface area contributed by atoms with E-state index in [-0.39, 0.29) is 17.6 Å². The van der Waals surface area contributed by atoms with E-state index in [1.54, 1.807) is 36.4 Å². The fourth-order valence-electron chi connectivity index (χ4n) is 2.69. The number of para-hydroxylation sites is 1. The third kappa shape index (κ3) is 6.68. The first kappa shape index (κ1) is 22.0. The van der Waals surface area contributed by atoms with Crippen LogP contribution in [0.15, 0.2) is 77.7 Å². The summed E-state index contributed by atoms with van der Waals surface area (Å²) in [6, 6.07) is 19.2. The summed E-state index contributed by atoms with van der Waals surface area (Å²) in [6.07, 6.45) is 0. The molecule has 6 nitrogen and oxygen atoms in total. The van der Waals surface area contributed by atoms with Crippen molar-refractivity contribution in [3.05, 3.63) is 84.2 Å². The van der Waals surface area contributed by atoms with Crippen LogP contribution in [0, 0.1) is 5.82 Å². The number of hydrogen-bond donors (Lipinski definition) is 3. The first-order valence-electron chi connectivity index (χ1n) is 9.37. The van der Waals surface area contributed by atoms with Crippen LogP contribution in [0.5, 0.6) is 0 Å². The van der Waals surface area contributed by atoms with Crippen molar-refractivity contribution in [1.29, 1.82) is 0 Å². The van der Waals surface area contributed by atoms with E-state index in [0.29, 0.717) is 22.6 Å². The Kier molecular flexibility index (Phi) is 7.40. The number of benzene rings is 3. The molecule has 3 aromatic rings. The monoisotopic (exact) mass is 437 g/mol. The summed E-state index contributed by atoms with van der Waals surface area (Å²) >= 11 is 1.33. The lowest BCUT2D eigenvalue weighted by molar-refractivity contribution is -0.114. The first-order valence-corrected chi connectivity index (χ1v) is 10.4. The molecular formula is C23H20FN3O3S. The van der Waals surface area contributed by atoms with Crippen LogP contribution < -0.4 is 16.0 Å². The fourth-order valence-corrected chi connectivity index (χ4v) is 3.39. The van der Waals surface area contributed by atoms with E-state index in [2.05, 4.69) is 16.0 Å². The maximum atomic E-state index is 13.0. The molecule has 31 heavy (non-hydrogen) atoms. The lowest BCUT2D eigenvalue weighted by Crippen LogP contribution is -2.19. The molecule has 3 aromatic carbocycles. The molecule has 0 spiro atoms. The number of amides is 3. The van der Waals surface area contributed by atoms with Gasteiger partial charge in [-0.1, -0.05) is 12.1 Å². The van der Waals surface area contributed by atoms with Crippen LogP contribution in [0.3, 0.4) is 0 Å². The smallest absolute Gasteiger partial charge is 0.257 e. The molecule has 0 aliphatic heterocycles. The molecule has 3 N–H and O–H groups in total. The first-order chi connectivity index (χ1) is 14.9. The number of hydrogen-bond acceptors (Lipinski definition) is 4. The van der Waals surface area contributed by atoms with Crippen LogP contribution in [0.25, 0.3) is 0 Å². The molecular weight excluding hydrogens is 417 g/mol. The number of carbonyl (C=O) groups is 3. The predicted molar refractivity (Wildman–Crippen MR) is 121 cm³/mol. The van der Waals surface area contributed by atoms with E-state index in [4.69, 9.17) is 0 Å². The molecule has 8 heteroatoms. The maximum Gasteiger partial charge on any atom is 0.257 e. The van der Waals surface area contributed by atoms with Gasteiger partial charge < -0.3 is 16.0 Å². The van der Waals surface area contributed by atoms with E-state index in [1.165, 1.54) is 43.0 Å². The van der Waals surface area contributed by atoms with Gasteiger partial charge in [0, 0.05) is 23.2 Å². The second-order valence-corrected chi connectivity index (χ2v) is 7.60. The zero-order valence-corrected chi connectivity index (χ0v) is 17.5. The summed E-state index contributed by atoms with van der Waals surface area (Å²) in [5.41, 5.74) is 1.81. The van der Waals surface area contributed by atoms with Gasteiger partial charge in [0.2, 0.25) is 11.8 Å². The van der Waals surface area contributed by atoms with Gasteiger partial charge in [0.25, 0.3) is 5.91 Å². The molecule has 0 fully saturated rings. The minimum absolute atomic E-state index is 0.146. The van der Waals surface area contributed by atoms with Crippen LogP contribution in [-0.2, 0) is 9.59 Å². The molecule has 0 bridgehead atoms. The highest BCUT2D eigenvalue weighted by molar-refractivity contribution is 8.00. The van der Waals surface area contributed by atoms with Crippen LogP contribution in [-0.4, -0.2) is 23.5 Å². The number of nitrogens with one attached hydrogen (secondary N) is 3. The zero-order valence-electron chi connectivity index (χ0n) is 16.6. The van der Waals surface area contributed by atoms with E-state index < -0.39 is 11.7 Å². The van der Waals surface area contributed by atoms with Crippen molar-refractivity contribution in [2.45, 2.75) is 11.8 Å². The summed E-state index contributed by atoms with van der Waals surface area (Å²) in [4.78, 5) is 36.9. The molecule has 0 saturated carbocycles. The van der Waals surface area contributed by atoms with Crippen molar-refractivity contribution in [1.82, 2.24) is 0 Å². The summed E-state index contributed by atoms with van der Waals surface area (Å²) in [6.45, 7) is 1.44. The second-order valence-electron chi connectivity index (χ2n) is 6.55. The maximum absolute atomic E-state index is 13.0. The number of rotatable bonds is 7. The van der Waals surface area contributed by atoms with E-state index in [9.17, 15) is 18.8 Å². The molecule has 0 radical (unpaired) electrons. The Morgan fingerprint density at radius 1 is 0.806 bits per heavy atom. The summed E-state index contributed by atoms with van der Waals surface area (Å²) < 4.78 is 13.0. The number of anilines is 3. The highest BCUT2D eigenvalue weighted by Crippen LogP contribution is 2.22. The Bertz CT molecular complexity index is 1090. The highest BCUT2D eigenvalue weighted by Gasteiger charge is 2.14. The van der Waals surface area contributed by atoms with Gasteiger partial charge >= 0.3 is 0 Å². The molecule has 3 amide bonds. The van der Waals surface area contributed by atoms with Gasteiger partial charge in [-0.05, 0) is 60.7 Å². The standard InChI is InChI=1S/C23H20FN3O3S/c1-15(28)25-17-10-12-19(13-11-17)31-14-22(29)27-21-5-3-2-4-20(21)23(30)26-18-8-6-16(24)7-9-18/h2-13H,14H2,1H3,(H,25,28)(H,26,30)(H,27,29). The average Bonchev–Trinajstić information content (AvgIpc) is 2.75. The van der Waals surface area contributed by atoms with Crippen LogP contribution in [0.2, 0.25) is 0 Å². The Morgan fingerprint density at radius 2 is 1.42 bits per heavy atom. The summed E-state index contributed by atoms with van der Waals surface area (Å²) in [7, 11) is 0. The molecule has 0 aromatic heterocycles. The molecule has 0 unspecified atom stereocenters. The van der Waals surface area contributed by atoms with Gasteiger partial charge in [0.1, 0.15) is 5.82 Å². The second kappa shape index (κ2) is 10.4. The van der Waals surface area contributed by atoms with Gasteiger partial charge in [-0.15, -0.1) is 11.8 Å². The third-order valence-electron chi connectivity index (χ3n) is 4.09. The molecule has 0 atom stereocenters. The van der Waals surface area contributed by atoms with Crippen molar-refractivity contribution in [3.63, 3.8) is 0 Å². The Hall–Kier alpha value is -3.65. The van der Waals surface area contributed by atoms with Crippen molar-refractivity contribution >= 4 is 46.5 Å². The van der Waals surface area contributed by atoms with Crippen LogP contribution in [0.4, 0.5) is 21.5 Å². The Morgan fingerprint density at radius 3 is 2.10 bits per heavy atom. The average molecular weight is 437 g/mol. The van der Waals surface area contributed by atoms with Crippen molar-refractivity contribution in [3.8, 4) is 0 Å². The third-order valence-corrected chi connectivity index (χ3v) is 5.10. The highest BCUT2D eigenvalue weighted by atomic mass is 32.2. The summed E-state index contributed by atoms with van der Waals surface area (Å²) in [5, 5.41) is 8.12. The number of thioether (sulfide) groups is 1. The minimum Gasteiger partial charge on any atom is -0.326 e. The number of halogens is 1. The largest absolute Gasteiger partial charge is 0.326 e. The van der Waals surface area contributed by atoms with Gasteiger partial charge in [0.05, 0.1) is 17.0 Å². The summed E-state index contributed by atoms with van der Waals surface area (Å²) in [5.74, 6) is -1.08. The van der Waals surface area contributed by atoms with Crippen molar-refractivity contribution in [2.24, 2.45) is 0 Å². The van der Waals surface area contributed by atoms with E-state index >= 15 is 0 Å². The predicted octanol–water partition coefficient (Wildman–Crippen LogP) is 4.77. The fraction of sp³-hybridized carbons (Fsp3) is 0.0870. The van der Waals surface area contributed by atoms with Gasteiger partial charge in [-0.3, -0.25) is 14.4 Å². The van der Waals surface area contributed by atoms with E-state index in [0.717, 1.165) is 4.90 Å². The van der Waals surface area contributed by atoms with Gasteiger partial charge in [0.15, 0.2) is 0 Å². The lowest BCUT2D eigenvalue weighted by atomic mass is 10.1. The molecule has 158 valence electrons. The zero-order chi connectivity index (χ0) is 22.2. The Labute approximate surface area is 183 Å². The van der Waals surface area contributed by atoms with E-state index in [1.807, 2.05) is 12.1 Å². The number of carbonyl (C=O) groups excluding carboxylic acids is 3. The molecule has 0 saturated heterocycles. The van der Waals surface area contributed by atoms with Crippen LogP contribution >= 0.6 is 11.8 Å². The normalized spacial score (nSPS) is 10.3. The molecule has 0 aliphatic rings.